The SMILES string of the molecule is O=C1CC2CC1S(=O)(=O)C2. The van der Waals surface area contributed by atoms with E-state index in [4.69, 9.17) is 0 Å². The van der Waals surface area contributed by atoms with Crippen molar-refractivity contribution >= 4 is 15.6 Å². The summed E-state index contributed by atoms with van der Waals surface area (Å²) < 4.78 is 22.0. The van der Waals surface area contributed by atoms with Crippen molar-refractivity contribution in [3.05, 3.63) is 0 Å². The lowest BCUT2D eigenvalue weighted by Crippen LogP contribution is -2.27. The zero-order chi connectivity index (χ0) is 7.35. The van der Waals surface area contributed by atoms with Crippen LogP contribution in [0.5, 0.6) is 0 Å². The largest absolute Gasteiger partial charge is 0.298 e. The Morgan fingerprint density at radius 1 is 1.40 bits per heavy atom. The zero-order valence-electron chi connectivity index (χ0n) is 5.41. The first-order valence-corrected chi connectivity index (χ1v) is 5.05. The minimum Gasteiger partial charge on any atom is -0.298 e. The van der Waals surface area contributed by atoms with Gasteiger partial charge in [0, 0.05) is 6.42 Å². The molecule has 0 spiro atoms. The standard InChI is InChI=1S/C6H8O3S/c7-5-1-4-2-6(5)10(8,9)3-4/h4,6H,1-3H2. The maximum Gasteiger partial charge on any atom is 0.160 e. The number of carbonyl (C=O) groups is 1. The Bertz CT molecular complexity index is 277. The van der Waals surface area contributed by atoms with Crippen molar-refractivity contribution in [3.8, 4) is 0 Å². The van der Waals surface area contributed by atoms with E-state index in [0.717, 1.165) is 0 Å². The number of fused-ring (bicyclic) bond motifs is 2. The highest BCUT2D eigenvalue weighted by Crippen LogP contribution is 2.36. The fourth-order valence-corrected chi connectivity index (χ4v) is 4.06. The van der Waals surface area contributed by atoms with Crippen LogP contribution in [0.4, 0.5) is 0 Å². The Labute approximate surface area is 59.3 Å². The first-order chi connectivity index (χ1) is 4.59. The van der Waals surface area contributed by atoms with Gasteiger partial charge < -0.3 is 0 Å². The lowest BCUT2D eigenvalue weighted by Gasteiger charge is -2.07. The Balaban J connectivity index is 2.46. The summed E-state index contributed by atoms with van der Waals surface area (Å²) in [5.74, 6) is 0.349. The van der Waals surface area contributed by atoms with Crippen LogP contribution >= 0.6 is 0 Å². The molecule has 0 radical (unpaired) electrons. The smallest absolute Gasteiger partial charge is 0.160 e. The van der Waals surface area contributed by atoms with Gasteiger partial charge in [0.05, 0.1) is 5.75 Å². The van der Waals surface area contributed by atoms with E-state index in [1.165, 1.54) is 0 Å². The van der Waals surface area contributed by atoms with Gasteiger partial charge in [0.2, 0.25) is 0 Å². The summed E-state index contributed by atoms with van der Waals surface area (Å²) in [5.41, 5.74) is 0. The monoisotopic (exact) mass is 160 g/mol. The van der Waals surface area contributed by atoms with Gasteiger partial charge in [-0.25, -0.2) is 8.42 Å². The van der Waals surface area contributed by atoms with E-state index in [2.05, 4.69) is 0 Å². The van der Waals surface area contributed by atoms with Gasteiger partial charge >= 0.3 is 0 Å². The molecule has 0 aromatic heterocycles. The quantitative estimate of drug-likeness (QED) is 0.491. The van der Waals surface area contributed by atoms with Crippen LogP contribution in [0, 0.1) is 5.92 Å². The van der Waals surface area contributed by atoms with Gasteiger partial charge in [-0.05, 0) is 12.3 Å². The van der Waals surface area contributed by atoms with E-state index < -0.39 is 15.1 Å². The van der Waals surface area contributed by atoms with E-state index in [1.54, 1.807) is 0 Å². The molecule has 0 amide bonds. The number of Topliss-reactive ketones (excluding diaryl/α,β-unsaturated/α-hetero) is 1. The maximum absolute atomic E-state index is 11.0. The average molecular weight is 160 g/mol. The molecule has 0 aromatic rings. The number of hydrogen-bond donors (Lipinski definition) is 0. The molecule has 1 aliphatic carbocycles. The van der Waals surface area contributed by atoms with Crippen LogP contribution in [-0.2, 0) is 14.6 Å². The number of ketones is 1. The highest BCUT2D eigenvalue weighted by atomic mass is 32.2. The molecule has 2 rings (SSSR count). The summed E-state index contributed by atoms with van der Waals surface area (Å²) >= 11 is 0. The van der Waals surface area contributed by atoms with Gasteiger partial charge in [0.15, 0.2) is 15.6 Å². The Morgan fingerprint density at radius 3 is 2.40 bits per heavy atom. The highest BCUT2D eigenvalue weighted by Gasteiger charge is 2.49. The summed E-state index contributed by atoms with van der Waals surface area (Å²) in [7, 11) is -2.99. The van der Waals surface area contributed by atoms with Crippen molar-refractivity contribution in [1.82, 2.24) is 0 Å². The van der Waals surface area contributed by atoms with Crippen LogP contribution in [0.2, 0.25) is 0 Å². The summed E-state index contributed by atoms with van der Waals surface area (Å²) in [6.45, 7) is 0. The lowest BCUT2D eigenvalue weighted by atomic mass is 10.1. The summed E-state index contributed by atoms with van der Waals surface area (Å²) in [6.07, 6.45) is 1.10. The van der Waals surface area contributed by atoms with Crippen LogP contribution in [0.3, 0.4) is 0 Å². The van der Waals surface area contributed by atoms with Crippen molar-refractivity contribution in [2.45, 2.75) is 18.1 Å². The molecule has 2 bridgehead atoms. The topological polar surface area (TPSA) is 51.2 Å². The Kier molecular flexibility index (Phi) is 1.02. The van der Waals surface area contributed by atoms with Gasteiger partial charge in [-0.3, -0.25) is 4.79 Å². The molecular weight excluding hydrogens is 152 g/mol. The third-order valence-corrected chi connectivity index (χ3v) is 4.56. The fourth-order valence-electron chi connectivity index (χ4n) is 1.85. The van der Waals surface area contributed by atoms with Crippen LogP contribution in [0.25, 0.3) is 0 Å². The molecule has 2 unspecified atom stereocenters. The first kappa shape index (κ1) is 6.34. The molecule has 56 valence electrons. The molecule has 10 heavy (non-hydrogen) atoms. The van der Waals surface area contributed by atoms with Crippen molar-refractivity contribution in [2.75, 3.05) is 5.75 Å². The van der Waals surface area contributed by atoms with Crippen molar-refractivity contribution in [2.24, 2.45) is 5.92 Å². The van der Waals surface area contributed by atoms with Crippen LogP contribution in [0.15, 0.2) is 0 Å². The van der Waals surface area contributed by atoms with E-state index >= 15 is 0 Å². The van der Waals surface area contributed by atoms with Crippen molar-refractivity contribution in [1.29, 1.82) is 0 Å². The van der Waals surface area contributed by atoms with Gasteiger partial charge in [-0.15, -0.1) is 0 Å². The molecule has 2 atom stereocenters. The molecule has 2 aliphatic rings. The molecule has 1 heterocycles. The molecule has 1 saturated carbocycles. The number of sulfone groups is 1. The molecule has 3 nitrogen and oxygen atoms in total. The first-order valence-electron chi connectivity index (χ1n) is 3.34. The van der Waals surface area contributed by atoms with Crippen LogP contribution < -0.4 is 0 Å². The maximum atomic E-state index is 11.0. The van der Waals surface area contributed by atoms with E-state index in [1.807, 2.05) is 0 Å². The Hall–Kier alpha value is -0.380. The molecule has 0 N–H and O–H groups in total. The minimum atomic E-state index is -2.99. The van der Waals surface area contributed by atoms with Gasteiger partial charge in [-0.1, -0.05) is 0 Å². The molecule has 2 fully saturated rings. The number of carbonyl (C=O) groups excluding carboxylic acids is 1. The van der Waals surface area contributed by atoms with E-state index in [-0.39, 0.29) is 17.5 Å². The Morgan fingerprint density at radius 2 is 2.10 bits per heavy atom. The van der Waals surface area contributed by atoms with Gasteiger partial charge in [0.25, 0.3) is 0 Å². The average Bonchev–Trinajstić information content (AvgIpc) is 2.18. The van der Waals surface area contributed by atoms with Crippen molar-refractivity contribution in [3.63, 3.8) is 0 Å². The third-order valence-electron chi connectivity index (χ3n) is 2.30. The van der Waals surface area contributed by atoms with E-state index in [0.29, 0.717) is 12.8 Å². The van der Waals surface area contributed by atoms with Crippen molar-refractivity contribution < 1.29 is 13.2 Å². The molecule has 4 heteroatoms. The summed E-state index contributed by atoms with van der Waals surface area (Å²) in [4.78, 5) is 10.9. The number of rotatable bonds is 0. The molecule has 1 aliphatic heterocycles. The molecule has 1 saturated heterocycles. The summed E-state index contributed by atoms with van der Waals surface area (Å²) in [5, 5.41) is -0.613. The molecule has 0 aromatic carbocycles. The highest BCUT2D eigenvalue weighted by molar-refractivity contribution is 7.93. The third kappa shape index (κ3) is 0.653. The second kappa shape index (κ2) is 1.61. The van der Waals surface area contributed by atoms with Crippen LogP contribution in [0.1, 0.15) is 12.8 Å². The predicted octanol–water partition coefficient (Wildman–Crippen LogP) is -0.237. The van der Waals surface area contributed by atoms with E-state index in [9.17, 15) is 13.2 Å². The lowest BCUT2D eigenvalue weighted by molar-refractivity contribution is -0.117. The van der Waals surface area contributed by atoms with Crippen LogP contribution in [-0.4, -0.2) is 25.2 Å². The number of hydrogen-bond acceptors (Lipinski definition) is 3. The van der Waals surface area contributed by atoms with Gasteiger partial charge in [-0.2, -0.15) is 0 Å². The second-order valence-electron chi connectivity index (χ2n) is 3.09. The normalized spacial score (nSPS) is 42.6. The summed E-state index contributed by atoms with van der Waals surface area (Å²) in [6, 6.07) is 0. The molecular formula is C6H8O3S. The predicted molar refractivity (Wildman–Crippen MR) is 35.3 cm³/mol. The minimum absolute atomic E-state index is 0.0590. The van der Waals surface area contributed by atoms with Gasteiger partial charge in [0.1, 0.15) is 5.25 Å². The zero-order valence-corrected chi connectivity index (χ0v) is 6.23. The fraction of sp³-hybridized carbons (Fsp3) is 0.833. The second-order valence-corrected chi connectivity index (χ2v) is 5.32.